The minimum atomic E-state index is -0.214. The topological polar surface area (TPSA) is 58.4 Å². The fourth-order valence-electron chi connectivity index (χ4n) is 1.44. The molecule has 0 spiro atoms. The predicted molar refractivity (Wildman–Crippen MR) is 71.8 cm³/mol. The van der Waals surface area contributed by atoms with Gasteiger partial charge in [0.05, 0.1) is 6.04 Å². The average Bonchev–Trinajstić information content (AvgIpc) is 2.16. The van der Waals surface area contributed by atoms with Gasteiger partial charge in [-0.05, 0) is 33.7 Å². The quantitative estimate of drug-likeness (QED) is 0.401. The molecule has 0 heterocycles. The first-order chi connectivity index (χ1) is 7.00. The molecule has 0 radical (unpaired) electrons. The molecule has 1 atom stereocenters. The number of amides is 1. The molecule has 15 heavy (non-hydrogen) atoms. The normalized spacial score (nSPS) is 13.5. The van der Waals surface area contributed by atoms with Crippen molar-refractivity contribution in [2.45, 2.75) is 45.2 Å². The Bertz CT molecular complexity index is 188. The maximum Gasteiger partial charge on any atom is 0.234 e. The molecule has 0 aliphatic rings. The first kappa shape index (κ1) is 15.1. The van der Waals surface area contributed by atoms with E-state index in [4.69, 9.17) is 5.73 Å². The van der Waals surface area contributed by atoms with Crippen molar-refractivity contribution in [2.75, 3.05) is 13.6 Å². The molecule has 4 nitrogen and oxygen atoms in total. The summed E-state index contributed by atoms with van der Waals surface area (Å²) < 4.78 is 3.06. The van der Waals surface area contributed by atoms with E-state index in [0.717, 1.165) is 25.8 Å². The van der Waals surface area contributed by atoms with E-state index in [-0.39, 0.29) is 11.9 Å². The summed E-state index contributed by atoms with van der Waals surface area (Å²) in [7, 11) is 1.96. The highest BCUT2D eigenvalue weighted by molar-refractivity contribution is 14.1. The monoisotopic (exact) mass is 327 g/mol. The molecule has 0 saturated heterocycles. The van der Waals surface area contributed by atoms with Gasteiger partial charge in [0.1, 0.15) is 0 Å². The summed E-state index contributed by atoms with van der Waals surface area (Å²) in [6, 6.07) is 0.226. The third-order valence-corrected chi connectivity index (χ3v) is 3.17. The number of rotatable bonds is 8. The van der Waals surface area contributed by atoms with Gasteiger partial charge in [-0.1, -0.05) is 6.42 Å². The van der Waals surface area contributed by atoms with Crippen LogP contribution < -0.4 is 9.26 Å². The van der Waals surface area contributed by atoms with E-state index in [1.165, 1.54) is 0 Å². The molecule has 0 fully saturated rings. The summed E-state index contributed by atoms with van der Waals surface area (Å²) >= 11 is 2.13. The number of carbonyl (C=O) groups is 1. The highest BCUT2D eigenvalue weighted by Gasteiger charge is 2.21. The van der Waals surface area contributed by atoms with Crippen LogP contribution >= 0.6 is 22.9 Å². The van der Waals surface area contributed by atoms with Crippen molar-refractivity contribution in [3.8, 4) is 0 Å². The van der Waals surface area contributed by atoms with Crippen LogP contribution in [0.15, 0.2) is 0 Å². The Morgan fingerprint density at radius 3 is 2.47 bits per heavy atom. The Kier molecular flexibility index (Phi) is 8.36. The molecule has 0 aliphatic heterocycles. The Hall–Kier alpha value is 0.120. The van der Waals surface area contributed by atoms with Gasteiger partial charge in [0.15, 0.2) is 0 Å². The van der Waals surface area contributed by atoms with E-state index in [1.54, 1.807) is 0 Å². The van der Waals surface area contributed by atoms with Gasteiger partial charge in [-0.2, -0.15) is 0 Å². The lowest BCUT2D eigenvalue weighted by atomic mass is 10.1. The maximum atomic E-state index is 11.3. The van der Waals surface area contributed by atoms with E-state index in [1.807, 2.05) is 11.9 Å². The van der Waals surface area contributed by atoms with Gasteiger partial charge in [-0.15, -0.1) is 0 Å². The fourth-order valence-corrected chi connectivity index (χ4v) is 1.82. The predicted octanol–water partition coefficient (Wildman–Crippen LogP) is 1.29. The van der Waals surface area contributed by atoms with Crippen LogP contribution in [0.25, 0.3) is 0 Å². The molecule has 5 heteroatoms. The van der Waals surface area contributed by atoms with Crippen LogP contribution in [0.4, 0.5) is 0 Å². The molecule has 0 aromatic heterocycles. The van der Waals surface area contributed by atoms with Crippen LogP contribution in [0.1, 0.15) is 33.1 Å². The summed E-state index contributed by atoms with van der Waals surface area (Å²) in [4.78, 5) is 13.3. The Morgan fingerprint density at radius 1 is 1.47 bits per heavy atom. The lowest BCUT2D eigenvalue weighted by Crippen LogP contribution is -2.45. The van der Waals surface area contributed by atoms with Crippen molar-refractivity contribution in [1.29, 1.82) is 0 Å². The van der Waals surface area contributed by atoms with Crippen LogP contribution in [0.5, 0.6) is 0 Å². The summed E-state index contributed by atoms with van der Waals surface area (Å²) in [5.41, 5.74) is 5.39. The number of nitrogens with two attached hydrogens (primary N) is 1. The highest BCUT2D eigenvalue weighted by Crippen LogP contribution is 2.09. The first-order valence-electron chi connectivity index (χ1n) is 5.35. The Labute approximate surface area is 106 Å². The van der Waals surface area contributed by atoms with Gasteiger partial charge in [0.2, 0.25) is 5.91 Å². The standard InChI is InChI=1S/C10H22IN3O/c1-8(2)14(3)9(10(12)15)6-4-5-7-13-11/h8-9,13H,4-7H2,1-3H3,(H2,12,15). The lowest BCUT2D eigenvalue weighted by Gasteiger charge is -2.28. The fraction of sp³-hybridized carbons (Fsp3) is 0.900. The van der Waals surface area contributed by atoms with Crippen LogP contribution in [-0.2, 0) is 4.79 Å². The van der Waals surface area contributed by atoms with Gasteiger partial charge >= 0.3 is 0 Å². The lowest BCUT2D eigenvalue weighted by molar-refractivity contribution is -0.123. The third kappa shape index (κ3) is 6.32. The minimum absolute atomic E-state index is 0.126. The van der Waals surface area contributed by atoms with Gasteiger partial charge < -0.3 is 5.73 Å². The number of carbonyl (C=O) groups excluding carboxylic acids is 1. The van der Waals surface area contributed by atoms with E-state index in [2.05, 4.69) is 40.2 Å². The SMILES string of the molecule is CC(C)N(C)C(CCCCNI)C(N)=O. The van der Waals surface area contributed by atoms with Gasteiger partial charge in [0.25, 0.3) is 0 Å². The van der Waals surface area contributed by atoms with Crippen molar-refractivity contribution in [2.24, 2.45) is 5.73 Å². The molecule has 0 aromatic rings. The molecule has 1 amide bonds. The molecular weight excluding hydrogens is 305 g/mol. The molecular formula is C10H22IN3O. The molecule has 0 bridgehead atoms. The summed E-state index contributed by atoms with van der Waals surface area (Å²) in [6.07, 6.45) is 2.96. The number of hydrogen-bond acceptors (Lipinski definition) is 3. The largest absolute Gasteiger partial charge is 0.368 e. The molecule has 3 N–H and O–H groups in total. The van der Waals surface area contributed by atoms with Crippen molar-refractivity contribution >= 4 is 28.8 Å². The maximum absolute atomic E-state index is 11.3. The highest BCUT2D eigenvalue weighted by atomic mass is 127. The number of primary amides is 1. The molecule has 0 rings (SSSR count). The smallest absolute Gasteiger partial charge is 0.234 e. The van der Waals surface area contributed by atoms with E-state index < -0.39 is 0 Å². The second kappa shape index (κ2) is 8.29. The van der Waals surface area contributed by atoms with Crippen LogP contribution in [0, 0.1) is 0 Å². The Balaban J connectivity index is 4.00. The second-order valence-corrected chi connectivity index (χ2v) is 4.82. The van der Waals surface area contributed by atoms with Crippen molar-refractivity contribution in [1.82, 2.24) is 8.43 Å². The van der Waals surface area contributed by atoms with E-state index in [9.17, 15) is 4.79 Å². The molecule has 0 saturated carbocycles. The minimum Gasteiger partial charge on any atom is -0.368 e. The molecule has 0 aliphatic carbocycles. The summed E-state index contributed by atoms with van der Waals surface area (Å²) in [6.45, 7) is 5.13. The van der Waals surface area contributed by atoms with Gasteiger partial charge in [-0.25, -0.2) is 0 Å². The van der Waals surface area contributed by atoms with Crippen LogP contribution in [0.3, 0.4) is 0 Å². The number of hydrogen-bond donors (Lipinski definition) is 2. The first-order valence-corrected chi connectivity index (χ1v) is 6.43. The summed E-state index contributed by atoms with van der Waals surface area (Å²) in [5, 5.41) is 0. The third-order valence-electron chi connectivity index (χ3n) is 2.63. The number of nitrogens with zero attached hydrogens (tertiary/aromatic N) is 1. The van der Waals surface area contributed by atoms with Gasteiger partial charge in [-0.3, -0.25) is 13.2 Å². The number of unbranched alkanes of at least 4 members (excludes halogenated alkanes) is 1. The number of likely N-dealkylation sites (N-methyl/N-ethyl adjacent to an activating group) is 1. The van der Waals surface area contributed by atoms with Crippen LogP contribution in [-0.4, -0.2) is 36.5 Å². The zero-order chi connectivity index (χ0) is 11.8. The zero-order valence-corrected chi connectivity index (χ0v) is 12.0. The molecule has 0 aromatic carbocycles. The van der Waals surface area contributed by atoms with E-state index >= 15 is 0 Å². The summed E-state index contributed by atoms with van der Waals surface area (Å²) in [5.74, 6) is -0.214. The number of halogens is 1. The zero-order valence-electron chi connectivity index (χ0n) is 9.79. The van der Waals surface area contributed by atoms with Crippen molar-refractivity contribution in [3.63, 3.8) is 0 Å². The average molecular weight is 327 g/mol. The second-order valence-electron chi connectivity index (χ2n) is 4.06. The van der Waals surface area contributed by atoms with Crippen molar-refractivity contribution < 1.29 is 4.79 Å². The van der Waals surface area contributed by atoms with E-state index in [0.29, 0.717) is 6.04 Å². The Morgan fingerprint density at radius 2 is 2.07 bits per heavy atom. The van der Waals surface area contributed by atoms with Gasteiger partial charge in [0, 0.05) is 35.5 Å². The molecule has 90 valence electrons. The molecule has 1 unspecified atom stereocenters. The van der Waals surface area contributed by atoms with Crippen molar-refractivity contribution in [3.05, 3.63) is 0 Å². The van der Waals surface area contributed by atoms with Crippen LogP contribution in [0.2, 0.25) is 0 Å². The number of nitrogens with one attached hydrogen (secondary N) is 1.